The average molecular weight is 253 g/mol. The second-order valence-corrected chi connectivity index (χ2v) is 5.12. The number of benzene rings is 1. The molecule has 1 saturated carbocycles. The first kappa shape index (κ1) is 12.2. The Kier molecular flexibility index (Phi) is 3.57. The molecule has 2 rings (SSSR count). The second kappa shape index (κ2) is 4.96. The van der Waals surface area contributed by atoms with E-state index >= 15 is 0 Å². The fourth-order valence-corrected chi connectivity index (χ4v) is 2.24. The number of nitrogen functional groups attached to an aromatic ring is 1. The first-order valence-corrected chi connectivity index (χ1v) is 6.31. The summed E-state index contributed by atoms with van der Waals surface area (Å²) in [5.41, 5.74) is 6.70. The number of carbonyl (C=O) groups is 1. The van der Waals surface area contributed by atoms with Crippen LogP contribution in [-0.4, -0.2) is 11.9 Å². The van der Waals surface area contributed by atoms with Crippen LogP contribution in [0.4, 0.5) is 5.69 Å². The van der Waals surface area contributed by atoms with Gasteiger partial charge in [0.2, 0.25) is 0 Å². The Morgan fingerprint density at radius 2 is 2.24 bits per heavy atom. The topological polar surface area (TPSA) is 55.1 Å². The van der Waals surface area contributed by atoms with Crippen LogP contribution in [0, 0.1) is 5.92 Å². The van der Waals surface area contributed by atoms with Gasteiger partial charge in [0.1, 0.15) is 0 Å². The number of nitrogens with two attached hydrogens (primary N) is 1. The molecule has 1 atom stereocenters. The van der Waals surface area contributed by atoms with E-state index in [2.05, 4.69) is 5.32 Å². The first-order chi connectivity index (χ1) is 8.08. The number of carbonyl (C=O) groups excluding carboxylic acids is 1. The van der Waals surface area contributed by atoms with Crippen LogP contribution in [0.5, 0.6) is 0 Å². The number of nitrogens with one attached hydrogen (secondary N) is 1. The molecule has 1 fully saturated rings. The van der Waals surface area contributed by atoms with E-state index in [1.165, 1.54) is 19.3 Å². The van der Waals surface area contributed by atoms with E-state index in [4.69, 9.17) is 17.3 Å². The predicted octanol–water partition coefficient (Wildman–Crippen LogP) is 2.84. The molecular weight excluding hydrogens is 236 g/mol. The monoisotopic (exact) mass is 252 g/mol. The Hall–Kier alpha value is -1.22. The Balaban J connectivity index is 2.05. The molecule has 1 aliphatic carbocycles. The fraction of sp³-hybridized carbons (Fsp3) is 0.462. The molecule has 1 aromatic carbocycles. The van der Waals surface area contributed by atoms with Crippen LogP contribution < -0.4 is 11.1 Å². The molecule has 0 radical (unpaired) electrons. The van der Waals surface area contributed by atoms with Gasteiger partial charge >= 0.3 is 0 Å². The van der Waals surface area contributed by atoms with E-state index in [0.29, 0.717) is 22.2 Å². The maximum atomic E-state index is 12.0. The van der Waals surface area contributed by atoms with Crippen LogP contribution in [0.25, 0.3) is 0 Å². The summed E-state index contributed by atoms with van der Waals surface area (Å²) < 4.78 is 0. The highest BCUT2D eigenvalue weighted by Gasteiger charge is 2.25. The fourth-order valence-electron chi connectivity index (χ4n) is 2.07. The van der Waals surface area contributed by atoms with Crippen molar-refractivity contribution < 1.29 is 4.79 Å². The van der Waals surface area contributed by atoms with E-state index in [0.717, 1.165) is 0 Å². The summed E-state index contributed by atoms with van der Waals surface area (Å²) in [5.74, 6) is 0.476. The number of anilines is 1. The third-order valence-corrected chi connectivity index (χ3v) is 3.71. The van der Waals surface area contributed by atoms with Crippen LogP contribution in [0.3, 0.4) is 0 Å². The number of rotatable bonds is 3. The largest absolute Gasteiger partial charge is 0.398 e. The zero-order chi connectivity index (χ0) is 12.4. The van der Waals surface area contributed by atoms with E-state index < -0.39 is 0 Å². The summed E-state index contributed by atoms with van der Waals surface area (Å²) >= 11 is 5.86. The van der Waals surface area contributed by atoms with Crippen molar-refractivity contribution in [3.8, 4) is 0 Å². The van der Waals surface area contributed by atoms with E-state index in [1.807, 2.05) is 6.92 Å². The summed E-state index contributed by atoms with van der Waals surface area (Å²) in [5, 5.41) is 3.52. The van der Waals surface area contributed by atoms with Gasteiger partial charge in [0.15, 0.2) is 0 Å². The summed E-state index contributed by atoms with van der Waals surface area (Å²) in [6.07, 6.45) is 3.67. The van der Waals surface area contributed by atoms with Crippen LogP contribution >= 0.6 is 11.6 Å². The van der Waals surface area contributed by atoms with Crippen LogP contribution in [0.1, 0.15) is 36.5 Å². The number of hydrogen-bond donors (Lipinski definition) is 2. The molecular formula is C13H17ClN2O. The highest BCUT2D eigenvalue weighted by atomic mass is 35.5. The minimum absolute atomic E-state index is 0.135. The van der Waals surface area contributed by atoms with Gasteiger partial charge in [-0.15, -0.1) is 0 Å². The zero-order valence-electron chi connectivity index (χ0n) is 9.87. The Labute approximate surface area is 106 Å². The highest BCUT2D eigenvalue weighted by Crippen LogP contribution is 2.29. The zero-order valence-corrected chi connectivity index (χ0v) is 10.6. The van der Waals surface area contributed by atoms with Crippen molar-refractivity contribution >= 4 is 23.2 Å². The van der Waals surface area contributed by atoms with Crippen LogP contribution in [-0.2, 0) is 0 Å². The Morgan fingerprint density at radius 3 is 2.82 bits per heavy atom. The summed E-state index contributed by atoms with van der Waals surface area (Å²) in [6.45, 7) is 2.04. The van der Waals surface area contributed by atoms with Gasteiger partial charge in [-0.3, -0.25) is 4.79 Å². The lowest BCUT2D eigenvalue weighted by molar-refractivity contribution is 0.0910. The molecule has 1 aliphatic rings. The Morgan fingerprint density at radius 1 is 1.53 bits per heavy atom. The van der Waals surface area contributed by atoms with Gasteiger partial charge in [-0.1, -0.05) is 18.0 Å². The molecule has 0 aromatic heterocycles. The van der Waals surface area contributed by atoms with Crippen molar-refractivity contribution in [2.45, 2.75) is 32.2 Å². The molecule has 0 spiro atoms. The highest BCUT2D eigenvalue weighted by molar-refractivity contribution is 6.31. The maximum absolute atomic E-state index is 12.0. The van der Waals surface area contributed by atoms with Gasteiger partial charge in [0.25, 0.3) is 5.91 Å². The van der Waals surface area contributed by atoms with Gasteiger partial charge in [-0.25, -0.2) is 0 Å². The van der Waals surface area contributed by atoms with E-state index in [1.54, 1.807) is 18.2 Å². The Bertz CT molecular complexity index is 429. The number of halogens is 1. The van der Waals surface area contributed by atoms with Crippen LogP contribution in [0.15, 0.2) is 18.2 Å². The molecule has 3 N–H and O–H groups in total. The maximum Gasteiger partial charge on any atom is 0.253 e. The summed E-state index contributed by atoms with van der Waals surface area (Å²) in [4.78, 5) is 12.0. The second-order valence-electron chi connectivity index (χ2n) is 4.68. The lowest BCUT2D eigenvalue weighted by atomic mass is 9.80. The van der Waals surface area contributed by atoms with E-state index in [-0.39, 0.29) is 11.9 Å². The van der Waals surface area contributed by atoms with Gasteiger partial charge in [-0.05, 0) is 43.9 Å². The molecule has 0 saturated heterocycles. The number of amides is 1. The van der Waals surface area contributed by atoms with Gasteiger partial charge in [0, 0.05) is 16.8 Å². The molecule has 0 bridgehead atoms. The van der Waals surface area contributed by atoms with Gasteiger partial charge in [0.05, 0.1) is 5.56 Å². The van der Waals surface area contributed by atoms with Crippen molar-refractivity contribution in [3.05, 3.63) is 28.8 Å². The molecule has 3 nitrogen and oxygen atoms in total. The smallest absolute Gasteiger partial charge is 0.253 e. The van der Waals surface area contributed by atoms with Crippen molar-refractivity contribution in [2.24, 2.45) is 5.92 Å². The van der Waals surface area contributed by atoms with Crippen molar-refractivity contribution in [2.75, 3.05) is 5.73 Å². The molecule has 92 valence electrons. The first-order valence-electron chi connectivity index (χ1n) is 5.94. The minimum atomic E-state index is -0.135. The van der Waals surface area contributed by atoms with Crippen molar-refractivity contribution in [1.82, 2.24) is 5.32 Å². The summed E-state index contributed by atoms with van der Waals surface area (Å²) in [7, 11) is 0. The lowest BCUT2D eigenvalue weighted by Crippen LogP contribution is -2.40. The standard InChI is InChI=1S/C13H17ClN2O/c1-8(9-3-2-4-9)16-13(17)11-7-10(14)5-6-12(11)15/h5-9H,2-4,15H2,1H3,(H,16,17). The molecule has 0 aliphatic heterocycles. The normalized spacial score (nSPS) is 17.3. The molecule has 1 aromatic rings. The SMILES string of the molecule is CC(NC(=O)c1cc(Cl)ccc1N)C1CCC1. The van der Waals surface area contributed by atoms with Gasteiger partial charge in [-0.2, -0.15) is 0 Å². The molecule has 4 heteroatoms. The van der Waals surface area contributed by atoms with Gasteiger partial charge < -0.3 is 11.1 Å². The lowest BCUT2D eigenvalue weighted by Gasteiger charge is -2.32. The van der Waals surface area contributed by atoms with E-state index in [9.17, 15) is 4.79 Å². The molecule has 0 heterocycles. The molecule has 1 amide bonds. The third kappa shape index (κ3) is 2.72. The predicted molar refractivity (Wildman–Crippen MR) is 70.1 cm³/mol. The summed E-state index contributed by atoms with van der Waals surface area (Å²) in [6, 6.07) is 5.16. The quantitative estimate of drug-likeness (QED) is 0.813. The van der Waals surface area contributed by atoms with Crippen molar-refractivity contribution in [1.29, 1.82) is 0 Å². The minimum Gasteiger partial charge on any atom is -0.398 e. The third-order valence-electron chi connectivity index (χ3n) is 3.48. The molecule has 1 unspecified atom stereocenters. The van der Waals surface area contributed by atoms with Crippen molar-refractivity contribution in [3.63, 3.8) is 0 Å². The molecule has 17 heavy (non-hydrogen) atoms. The number of hydrogen-bond acceptors (Lipinski definition) is 2. The average Bonchev–Trinajstić information content (AvgIpc) is 2.18. The van der Waals surface area contributed by atoms with Crippen LogP contribution in [0.2, 0.25) is 5.02 Å².